The number of amides is 1. The zero-order valence-electron chi connectivity index (χ0n) is 17.1. The minimum absolute atomic E-state index is 0.0480. The molecule has 3 nitrogen and oxygen atoms in total. The van der Waals surface area contributed by atoms with E-state index in [4.69, 9.17) is 0 Å². The molecule has 1 amide bonds. The van der Waals surface area contributed by atoms with Gasteiger partial charge in [-0.2, -0.15) is 0 Å². The lowest BCUT2D eigenvalue weighted by atomic mass is 9.87. The number of rotatable bonds is 6. The summed E-state index contributed by atoms with van der Waals surface area (Å²) in [4.78, 5) is 26.3. The summed E-state index contributed by atoms with van der Waals surface area (Å²) in [6, 6.07) is 7.67. The fourth-order valence-electron chi connectivity index (χ4n) is 3.26. The van der Waals surface area contributed by atoms with Crippen molar-refractivity contribution in [3.8, 4) is 0 Å². The standard InChI is InChI=1S/C21H29NO2.C2H6/c1-4-5-17-6-8-19(9-7-17)20(23)10-11-21(24)22-14-12-18(13-15-22)16(2)3;1-2/h6-11,16,18H,4-5,12-15H2,1-3H3;1-2H3/b11-10+;. The van der Waals surface area contributed by atoms with Crippen molar-refractivity contribution < 1.29 is 9.59 Å². The normalized spacial score (nSPS) is 15.1. The number of likely N-dealkylation sites (tertiary alicyclic amines) is 1. The van der Waals surface area contributed by atoms with Gasteiger partial charge in [-0.05, 0) is 42.7 Å². The predicted octanol–water partition coefficient (Wildman–Crippen LogP) is 5.30. The van der Waals surface area contributed by atoms with Crippen molar-refractivity contribution in [1.82, 2.24) is 4.90 Å². The molecule has 1 saturated heterocycles. The number of carbonyl (C=O) groups excluding carboxylic acids is 2. The molecule has 1 aromatic carbocycles. The molecule has 2 rings (SSSR count). The highest BCUT2D eigenvalue weighted by atomic mass is 16.2. The van der Waals surface area contributed by atoms with Crippen LogP contribution in [0.5, 0.6) is 0 Å². The van der Waals surface area contributed by atoms with Crippen LogP contribution in [0.4, 0.5) is 0 Å². The molecule has 0 bridgehead atoms. The molecule has 0 saturated carbocycles. The third-order valence-electron chi connectivity index (χ3n) is 4.95. The van der Waals surface area contributed by atoms with Crippen molar-refractivity contribution in [2.45, 2.75) is 60.3 Å². The first-order valence-corrected chi connectivity index (χ1v) is 10.1. The Labute approximate surface area is 159 Å². The highest BCUT2D eigenvalue weighted by Gasteiger charge is 2.23. The zero-order valence-corrected chi connectivity index (χ0v) is 17.1. The second-order valence-corrected chi connectivity index (χ2v) is 7.05. The predicted molar refractivity (Wildman–Crippen MR) is 109 cm³/mol. The van der Waals surface area contributed by atoms with Gasteiger partial charge in [0.15, 0.2) is 5.78 Å². The summed E-state index contributed by atoms with van der Waals surface area (Å²) < 4.78 is 0. The van der Waals surface area contributed by atoms with Crippen LogP contribution in [0.2, 0.25) is 0 Å². The van der Waals surface area contributed by atoms with E-state index in [9.17, 15) is 9.59 Å². The van der Waals surface area contributed by atoms with Crippen LogP contribution < -0.4 is 0 Å². The molecular formula is C23H35NO2. The second kappa shape index (κ2) is 11.7. The van der Waals surface area contributed by atoms with Crippen LogP contribution in [0.3, 0.4) is 0 Å². The molecule has 0 radical (unpaired) electrons. The minimum atomic E-state index is -0.108. The molecule has 144 valence electrons. The number of piperidine rings is 1. The Morgan fingerprint density at radius 3 is 2.15 bits per heavy atom. The van der Waals surface area contributed by atoms with Gasteiger partial charge in [0.25, 0.3) is 0 Å². The SMILES string of the molecule is CC.CCCc1ccc(C(=O)/C=C/C(=O)N2CCC(C(C)C)CC2)cc1. The number of aryl methyl sites for hydroxylation is 1. The van der Waals surface area contributed by atoms with E-state index >= 15 is 0 Å². The molecule has 3 heteroatoms. The van der Waals surface area contributed by atoms with E-state index in [-0.39, 0.29) is 11.7 Å². The Morgan fingerprint density at radius 1 is 1.08 bits per heavy atom. The largest absolute Gasteiger partial charge is 0.339 e. The van der Waals surface area contributed by atoms with Crippen molar-refractivity contribution in [2.24, 2.45) is 11.8 Å². The summed E-state index contributed by atoms with van der Waals surface area (Å²) in [5.74, 6) is 1.23. The maximum atomic E-state index is 12.2. The van der Waals surface area contributed by atoms with E-state index in [0.717, 1.165) is 38.8 Å². The summed E-state index contributed by atoms with van der Waals surface area (Å²) in [6.07, 6.45) is 7.07. The molecule has 1 fully saturated rings. The fraction of sp³-hybridized carbons (Fsp3) is 0.565. The summed E-state index contributed by atoms with van der Waals surface area (Å²) in [5.41, 5.74) is 1.87. The Kier molecular flexibility index (Phi) is 9.93. The number of hydrogen-bond acceptors (Lipinski definition) is 2. The smallest absolute Gasteiger partial charge is 0.246 e. The molecule has 0 unspecified atom stereocenters. The van der Waals surface area contributed by atoms with Crippen LogP contribution in [0.1, 0.15) is 69.8 Å². The van der Waals surface area contributed by atoms with E-state index in [2.05, 4.69) is 20.8 Å². The highest BCUT2D eigenvalue weighted by molar-refractivity contribution is 6.07. The lowest BCUT2D eigenvalue weighted by Gasteiger charge is -2.33. The summed E-state index contributed by atoms with van der Waals surface area (Å²) in [7, 11) is 0. The van der Waals surface area contributed by atoms with Gasteiger partial charge >= 0.3 is 0 Å². The van der Waals surface area contributed by atoms with Gasteiger partial charge in [-0.15, -0.1) is 0 Å². The molecule has 26 heavy (non-hydrogen) atoms. The van der Waals surface area contributed by atoms with Crippen molar-refractivity contribution in [1.29, 1.82) is 0 Å². The van der Waals surface area contributed by atoms with Gasteiger partial charge in [0.1, 0.15) is 0 Å². The fourth-order valence-corrected chi connectivity index (χ4v) is 3.26. The van der Waals surface area contributed by atoms with Crippen molar-refractivity contribution in [3.63, 3.8) is 0 Å². The van der Waals surface area contributed by atoms with Crippen LogP contribution in [-0.2, 0) is 11.2 Å². The highest BCUT2D eigenvalue weighted by Crippen LogP contribution is 2.24. The molecule has 0 N–H and O–H groups in total. The molecule has 1 heterocycles. The van der Waals surface area contributed by atoms with Gasteiger partial charge in [-0.1, -0.05) is 65.3 Å². The molecule has 1 aliphatic rings. The van der Waals surface area contributed by atoms with E-state index in [1.54, 1.807) is 0 Å². The maximum absolute atomic E-state index is 12.2. The summed E-state index contributed by atoms with van der Waals surface area (Å²) >= 11 is 0. The lowest BCUT2D eigenvalue weighted by molar-refractivity contribution is -0.127. The van der Waals surface area contributed by atoms with E-state index < -0.39 is 0 Å². The first kappa shape index (κ1) is 22.1. The number of hydrogen-bond donors (Lipinski definition) is 0. The Hall–Kier alpha value is -1.90. The second-order valence-electron chi connectivity index (χ2n) is 7.05. The van der Waals surface area contributed by atoms with Crippen LogP contribution in [-0.4, -0.2) is 29.7 Å². The molecule has 0 atom stereocenters. The van der Waals surface area contributed by atoms with Crippen molar-refractivity contribution >= 4 is 11.7 Å². The third-order valence-corrected chi connectivity index (χ3v) is 4.95. The Bertz CT molecular complexity index is 579. The average molecular weight is 358 g/mol. The van der Waals surface area contributed by atoms with Crippen molar-refractivity contribution in [3.05, 3.63) is 47.5 Å². The van der Waals surface area contributed by atoms with Gasteiger partial charge < -0.3 is 4.90 Å². The first-order chi connectivity index (χ1) is 12.5. The Morgan fingerprint density at radius 2 is 1.65 bits per heavy atom. The van der Waals surface area contributed by atoms with Crippen LogP contribution in [0.25, 0.3) is 0 Å². The van der Waals surface area contributed by atoms with E-state index in [1.807, 2.05) is 43.0 Å². The van der Waals surface area contributed by atoms with Gasteiger partial charge in [0.05, 0.1) is 0 Å². The third kappa shape index (κ3) is 6.78. The lowest BCUT2D eigenvalue weighted by Crippen LogP contribution is -2.38. The molecule has 0 aliphatic carbocycles. The minimum Gasteiger partial charge on any atom is -0.339 e. The number of ketones is 1. The Balaban J connectivity index is 0.00000163. The first-order valence-electron chi connectivity index (χ1n) is 10.1. The topological polar surface area (TPSA) is 37.4 Å². The van der Waals surface area contributed by atoms with Crippen LogP contribution in [0.15, 0.2) is 36.4 Å². The van der Waals surface area contributed by atoms with E-state index in [0.29, 0.717) is 17.4 Å². The van der Waals surface area contributed by atoms with Crippen molar-refractivity contribution in [2.75, 3.05) is 13.1 Å². The van der Waals surface area contributed by atoms with Crippen LogP contribution in [0, 0.1) is 11.8 Å². The summed E-state index contributed by atoms with van der Waals surface area (Å²) in [6.45, 7) is 12.2. The number of benzene rings is 1. The van der Waals surface area contributed by atoms with Crippen LogP contribution >= 0.6 is 0 Å². The summed E-state index contributed by atoms with van der Waals surface area (Å²) in [5, 5.41) is 0. The van der Waals surface area contributed by atoms with Gasteiger partial charge in [-0.3, -0.25) is 9.59 Å². The maximum Gasteiger partial charge on any atom is 0.246 e. The number of nitrogens with zero attached hydrogens (tertiary/aromatic N) is 1. The average Bonchev–Trinajstić information content (AvgIpc) is 2.68. The number of carbonyl (C=O) groups is 2. The monoisotopic (exact) mass is 357 g/mol. The van der Waals surface area contributed by atoms with Gasteiger partial charge in [0, 0.05) is 24.7 Å². The zero-order chi connectivity index (χ0) is 19.5. The number of allylic oxidation sites excluding steroid dienone is 1. The molecule has 0 spiro atoms. The quantitative estimate of drug-likeness (QED) is 0.512. The molecule has 0 aromatic heterocycles. The molecule has 1 aliphatic heterocycles. The van der Waals surface area contributed by atoms with Gasteiger partial charge in [0.2, 0.25) is 5.91 Å². The van der Waals surface area contributed by atoms with E-state index in [1.165, 1.54) is 17.7 Å². The molecular weight excluding hydrogens is 322 g/mol. The molecule has 1 aromatic rings. The van der Waals surface area contributed by atoms with Gasteiger partial charge in [-0.25, -0.2) is 0 Å².